The van der Waals surface area contributed by atoms with Crippen molar-refractivity contribution >= 4 is 18.9 Å². The zero-order valence-electron chi connectivity index (χ0n) is 6.67. The van der Waals surface area contributed by atoms with Gasteiger partial charge in [0.25, 0.3) is 0 Å². The minimum Gasteiger partial charge on any atom is -0.331 e. The molecule has 0 heterocycles. The highest BCUT2D eigenvalue weighted by atomic mass is 35.7. The average Bonchev–Trinajstić information content (AvgIpc) is 1.86. The standard InChI is InChI=1S/C6H12ClN2OP/c1-6(2)9-11(7)10-5-3-4-8/h6,9H,3,5H2,1-2H3. The van der Waals surface area contributed by atoms with Gasteiger partial charge in [-0.25, -0.2) is 0 Å². The van der Waals surface area contributed by atoms with E-state index < -0.39 is 7.65 Å². The molecule has 0 saturated carbocycles. The fraction of sp³-hybridized carbons (Fsp3) is 0.833. The summed E-state index contributed by atoms with van der Waals surface area (Å²) in [5.74, 6) is 0. The third kappa shape index (κ3) is 8.03. The van der Waals surface area contributed by atoms with Crippen molar-refractivity contribution in [2.75, 3.05) is 6.61 Å². The molecule has 0 radical (unpaired) electrons. The maximum absolute atomic E-state index is 8.17. The molecule has 11 heavy (non-hydrogen) atoms. The smallest absolute Gasteiger partial charge is 0.204 e. The molecule has 64 valence electrons. The number of nitrogens with one attached hydrogen (secondary N) is 1. The molecule has 3 nitrogen and oxygen atoms in total. The third-order valence-corrected chi connectivity index (χ3v) is 2.49. The van der Waals surface area contributed by atoms with E-state index in [1.807, 2.05) is 19.9 Å². The Hall–Kier alpha value is 0.130. The normalized spacial score (nSPS) is 13.0. The van der Waals surface area contributed by atoms with Crippen molar-refractivity contribution in [3.63, 3.8) is 0 Å². The van der Waals surface area contributed by atoms with Crippen LogP contribution >= 0.6 is 18.9 Å². The Balaban J connectivity index is 3.24. The summed E-state index contributed by atoms with van der Waals surface area (Å²) in [6.45, 7) is 4.39. The summed E-state index contributed by atoms with van der Waals surface area (Å²) in [7, 11) is -1.06. The molecular formula is C6H12ClN2OP. The molecule has 0 aromatic heterocycles. The Morgan fingerprint density at radius 1 is 1.73 bits per heavy atom. The molecule has 0 amide bonds. The minimum absolute atomic E-state index is 0.320. The van der Waals surface area contributed by atoms with Crippen LogP contribution in [0, 0.1) is 11.3 Å². The van der Waals surface area contributed by atoms with Gasteiger partial charge in [-0.05, 0) is 25.1 Å². The van der Waals surface area contributed by atoms with Crippen molar-refractivity contribution < 1.29 is 4.52 Å². The first-order valence-corrected chi connectivity index (χ1v) is 5.55. The molecule has 1 atom stereocenters. The summed E-state index contributed by atoms with van der Waals surface area (Å²) in [6.07, 6.45) is 0.394. The van der Waals surface area contributed by atoms with Gasteiger partial charge in [-0.1, -0.05) is 0 Å². The molecule has 0 saturated heterocycles. The van der Waals surface area contributed by atoms with E-state index in [1.54, 1.807) is 0 Å². The highest BCUT2D eigenvalue weighted by molar-refractivity contribution is 7.78. The molecule has 0 spiro atoms. The molecule has 1 N–H and O–H groups in total. The zero-order chi connectivity index (χ0) is 8.69. The first-order valence-electron chi connectivity index (χ1n) is 3.38. The van der Waals surface area contributed by atoms with Gasteiger partial charge in [0.2, 0.25) is 7.65 Å². The van der Waals surface area contributed by atoms with Crippen molar-refractivity contribution in [1.29, 1.82) is 5.26 Å². The van der Waals surface area contributed by atoms with Crippen LogP contribution in [0.3, 0.4) is 0 Å². The maximum Gasteiger partial charge on any atom is 0.204 e. The maximum atomic E-state index is 8.17. The van der Waals surface area contributed by atoms with E-state index in [0.717, 1.165) is 0 Å². The Bertz CT molecular complexity index is 137. The third-order valence-electron chi connectivity index (χ3n) is 0.778. The van der Waals surface area contributed by atoms with Gasteiger partial charge in [0.05, 0.1) is 19.1 Å². The van der Waals surface area contributed by atoms with Gasteiger partial charge in [-0.2, -0.15) is 5.26 Å². The number of nitrogens with zero attached hydrogens (tertiary/aromatic N) is 1. The summed E-state index contributed by atoms with van der Waals surface area (Å²) < 4.78 is 5.09. The van der Waals surface area contributed by atoms with E-state index in [4.69, 9.17) is 21.0 Å². The molecule has 5 heteroatoms. The Morgan fingerprint density at radius 2 is 2.36 bits per heavy atom. The predicted molar refractivity (Wildman–Crippen MR) is 47.2 cm³/mol. The highest BCUT2D eigenvalue weighted by Gasteiger charge is 2.05. The number of hydrogen-bond donors (Lipinski definition) is 1. The average molecular weight is 195 g/mol. The quantitative estimate of drug-likeness (QED) is 0.540. The first kappa shape index (κ1) is 11.1. The predicted octanol–water partition coefficient (Wildman–Crippen LogP) is 2.38. The summed E-state index contributed by atoms with van der Waals surface area (Å²) in [6, 6.07) is 2.30. The van der Waals surface area contributed by atoms with Crippen LogP contribution in [0.25, 0.3) is 0 Å². The molecule has 1 unspecified atom stereocenters. The molecule has 0 aromatic carbocycles. The van der Waals surface area contributed by atoms with Crippen LogP contribution in [0.1, 0.15) is 20.3 Å². The van der Waals surface area contributed by atoms with Crippen LogP contribution in [-0.4, -0.2) is 12.6 Å². The van der Waals surface area contributed by atoms with E-state index in [0.29, 0.717) is 19.1 Å². The van der Waals surface area contributed by atoms with E-state index in [9.17, 15) is 0 Å². The lowest BCUT2D eigenvalue weighted by molar-refractivity contribution is 0.362. The number of hydrogen-bond acceptors (Lipinski definition) is 3. The first-order chi connectivity index (χ1) is 5.16. The lowest BCUT2D eigenvalue weighted by Gasteiger charge is -2.12. The lowest BCUT2D eigenvalue weighted by atomic mass is 10.4. The van der Waals surface area contributed by atoms with Gasteiger partial charge in [0.1, 0.15) is 0 Å². The number of rotatable bonds is 5. The van der Waals surface area contributed by atoms with Gasteiger partial charge in [-0.3, -0.25) is 5.09 Å². The molecule has 0 bridgehead atoms. The van der Waals surface area contributed by atoms with Gasteiger partial charge in [-0.15, -0.1) is 0 Å². The molecule has 0 rings (SSSR count). The van der Waals surface area contributed by atoms with Crippen molar-refractivity contribution in [3.8, 4) is 6.07 Å². The van der Waals surface area contributed by atoms with Crippen LogP contribution in [0.4, 0.5) is 0 Å². The SMILES string of the molecule is CC(C)NP(Cl)OCCC#N. The number of nitriles is 1. The van der Waals surface area contributed by atoms with Gasteiger partial charge >= 0.3 is 0 Å². The van der Waals surface area contributed by atoms with E-state index in [2.05, 4.69) is 5.09 Å². The Labute approximate surface area is 73.4 Å². The van der Waals surface area contributed by atoms with Crippen LogP contribution in [0.15, 0.2) is 0 Å². The summed E-state index contributed by atoms with van der Waals surface area (Å²) in [5.41, 5.74) is 0. The molecule has 0 aliphatic heterocycles. The summed E-state index contributed by atoms with van der Waals surface area (Å²) in [5, 5.41) is 11.2. The fourth-order valence-electron chi connectivity index (χ4n) is 0.412. The largest absolute Gasteiger partial charge is 0.331 e. The van der Waals surface area contributed by atoms with Crippen molar-refractivity contribution in [2.45, 2.75) is 26.3 Å². The second-order valence-electron chi connectivity index (χ2n) is 2.27. The lowest BCUT2D eigenvalue weighted by Crippen LogP contribution is -2.15. The second-order valence-corrected chi connectivity index (χ2v) is 4.20. The van der Waals surface area contributed by atoms with Crippen LogP contribution in [0.2, 0.25) is 0 Å². The van der Waals surface area contributed by atoms with Gasteiger partial charge < -0.3 is 4.52 Å². The van der Waals surface area contributed by atoms with Crippen LogP contribution < -0.4 is 5.09 Å². The van der Waals surface area contributed by atoms with Crippen molar-refractivity contribution in [3.05, 3.63) is 0 Å². The molecule has 0 aromatic rings. The monoisotopic (exact) mass is 194 g/mol. The second kappa shape index (κ2) is 6.82. The zero-order valence-corrected chi connectivity index (χ0v) is 8.32. The molecule has 0 fully saturated rings. The molecule has 0 aliphatic rings. The van der Waals surface area contributed by atoms with Gasteiger partial charge in [0.15, 0.2) is 0 Å². The van der Waals surface area contributed by atoms with Gasteiger partial charge in [0, 0.05) is 6.04 Å². The topological polar surface area (TPSA) is 45.0 Å². The Morgan fingerprint density at radius 3 is 2.82 bits per heavy atom. The van der Waals surface area contributed by atoms with Crippen molar-refractivity contribution in [2.24, 2.45) is 0 Å². The van der Waals surface area contributed by atoms with Crippen molar-refractivity contribution in [1.82, 2.24) is 5.09 Å². The highest BCUT2D eigenvalue weighted by Crippen LogP contribution is 2.38. The van der Waals surface area contributed by atoms with E-state index in [-0.39, 0.29) is 0 Å². The number of halogens is 1. The minimum atomic E-state index is -1.06. The molecule has 0 aliphatic carbocycles. The van der Waals surface area contributed by atoms with E-state index in [1.165, 1.54) is 0 Å². The van der Waals surface area contributed by atoms with Crippen LogP contribution in [0.5, 0.6) is 0 Å². The summed E-state index contributed by atoms with van der Waals surface area (Å²) >= 11 is 5.73. The van der Waals surface area contributed by atoms with E-state index >= 15 is 0 Å². The van der Waals surface area contributed by atoms with Crippen LogP contribution in [-0.2, 0) is 4.52 Å². The fourth-order valence-corrected chi connectivity index (χ4v) is 1.94. The molecular weight excluding hydrogens is 183 g/mol. The Kier molecular flexibility index (Phi) is 6.90. The summed E-state index contributed by atoms with van der Waals surface area (Å²) in [4.78, 5) is 0.